The van der Waals surface area contributed by atoms with Crippen LogP contribution in [0.1, 0.15) is 43.5 Å². The number of ketones is 1. The lowest BCUT2D eigenvalue weighted by Gasteiger charge is -2.27. The highest BCUT2D eigenvalue weighted by Crippen LogP contribution is 2.43. The Labute approximate surface area is 205 Å². The van der Waals surface area contributed by atoms with Gasteiger partial charge in [0.15, 0.2) is 0 Å². The number of benzene rings is 3. The zero-order valence-electron chi connectivity index (χ0n) is 20.3. The molecule has 180 valence electrons. The quantitative estimate of drug-likeness (QED) is 0.267. The summed E-state index contributed by atoms with van der Waals surface area (Å²) in [6.07, 6.45) is 0.00791. The highest BCUT2D eigenvalue weighted by Gasteiger charge is 2.47. The average Bonchev–Trinajstić information content (AvgIpc) is 3.10. The van der Waals surface area contributed by atoms with E-state index >= 15 is 0 Å². The lowest BCUT2D eigenvalue weighted by atomic mass is 9.95. The summed E-state index contributed by atoms with van der Waals surface area (Å²) in [5.74, 6) is -0.300. The molecule has 1 heterocycles. The first-order chi connectivity index (χ1) is 16.8. The van der Waals surface area contributed by atoms with Crippen molar-refractivity contribution < 1.29 is 24.2 Å². The molecule has 0 saturated carbocycles. The van der Waals surface area contributed by atoms with Crippen LogP contribution >= 0.6 is 0 Å². The van der Waals surface area contributed by atoms with Crippen LogP contribution < -0.4 is 14.4 Å². The number of Topliss-reactive ketones (excluding diaryl/α,β-unsaturated/α-hetero) is 1. The Morgan fingerprint density at radius 3 is 2.17 bits per heavy atom. The molecular formula is C29H29NO5. The molecule has 1 saturated heterocycles. The largest absolute Gasteiger partial charge is 0.507 e. The van der Waals surface area contributed by atoms with Gasteiger partial charge in [-0.05, 0) is 81.3 Å². The third-order valence-corrected chi connectivity index (χ3v) is 5.83. The second kappa shape index (κ2) is 10.1. The molecule has 6 nitrogen and oxygen atoms in total. The van der Waals surface area contributed by atoms with Crippen LogP contribution in [0.15, 0.2) is 78.4 Å². The zero-order chi connectivity index (χ0) is 25.1. The van der Waals surface area contributed by atoms with Crippen LogP contribution in [0.4, 0.5) is 5.69 Å². The van der Waals surface area contributed by atoms with Gasteiger partial charge in [-0.25, -0.2) is 0 Å². The van der Waals surface area contributed by atoms with Crippen molar-refractivity contribution in [1.82, 2.24) is 0 Å². The molecular weight excluding hydrogens is 442 g/mol. The number of carbonyl (C=O) groups excluding carboxylic acids is 2. The summed E-state index contributed by atoms with van der Waals surface area (Å²) in [6, 6.07) is 20.7. The maximum Gasteiger partial charge on any atom is 0.300 e. The molecule has 1 aliphatic heterocycles. The highest BCUT2D eigenvalue weighted by atomic mass is 16.5. The van der Waals surface area contributed by atoms with Gasteiger partial charge in [0.1, 0.15) is 17.3 Å². The SMILES string of the molecule is CCOc1ccc(C2/C(=C(\O)c3ccc(OC(C)C)cc3)C(=O)C(=O)N2c2ccccc2C)cc1. The van der Waals surface area contributed by atoms with Crippen LogP contribution in [0.3, 0.4) is 0 Å². The van der Waals surface area contributed by atoms with Gasteiger partial charge in [-0.3, -0.25) is 14.5 Å². The average molecular weight is 472 g/mol. The Kier molecular flexibility index (Phi) is 6.92. The van der Waals surface area contributed by atoms with Gasteiger partial charge in [-0.15, -0.1) is 0 Å². The summed E-state index contributed by atoms with van der Waals surface area (Å²) in [7, 11) is 0. The Morgan fingerprint density at radius 1 is 0.943 bits per heavy atom. The molecule has 0 aliphatic carbocycles. The first-order valence-electron chi connectivity index (χ1n) is 11.7. The van der Waals surface area contributed by atoms with Crippen molar-refractivity contribution in [3.05, 3.63) is 95.1 Å². The van der Waals surface area contributed by atoms with E-state index in [1.165, 1.54) is 4.90 Å². The van der Waals surface area contributed by atoms with Gasteiger partial charge >= 0.3 is 0 Å². The monoisotopic (exact) mass is 471 g/mol. The van der Waals surface area contributed by atoms with Crippen LogP contribution in [0.25, 0.3) is 5.76 Å². The second-order valence-electron chi connectivity index (χ2n) is 8.65. The zero-order valence-corrected chi connectivity index (χ0v) is 20.3. The third kappa shape index (κ3) is 4.78. The number of aryl methyl sites for hydroxylation is 1. The first-order valence-corrected chi connectivity index (χ1v) is 11.7. The molecule has 3 aromatic carbocycles. The third-order valence-electron chi connectivity index (χ3n) is 5.83. The van der Waals surface area contributed by atoms with E-state index < -0.39 is 17.7 Å². The van der Waals surface area contributed by atoms with Crippen LogP contribution in [-0.4, -0.2) is 29.5 Å². The van der Waals surface area contributed by atoms with Crippen molar-refractivity contribution in [1.29, 1.82) is 0 Å². The minimum atomic E-state index is -0.793. The number of aliphatic hydroxyl groups excluding tert-OH is 1. The van der Waals surface area contributed by atoms with E-state index in [2.05, 4.69) is 0 Å². The summed E-state index contributed by atoms with van der Waals surface area (Å²) in [4.78, 5) is 28.1. The van der Waals surface area contributed by atoms with E-state index in [0.717, 1.165) is 5.56 Å². The van der Waals surface area contributed by atoms with Crippen molar-refractivity contribution in [2.75, 3.05) is 11.5 Å². The molecule has 1 amide bonds. The second-order valence-corrected chi connectivity index (χ2v) is 8.65. The van der Waals surface area contributed by atoms with Gasteiger partial charge in [0, 0.05) is 11.3 Å². The molecule has 0 aromatic heterocycles. The van der Waals surface area contributed by atoms with Crippen molar-refractivity contribution in [3.8, 4) is 11.5 Å². The van der Waals surface area contributed by atoms with Crippen LogP contribution in [0, 0.1) is 6.92 Å². The van der Waals surface area contributed by atoms with E-state index in [4.69, 9.17) is 9.47 Å². The molecule has 3 aromatic rings. The first kappa shape index (κ1) is 24.1. The summed E-state index contributed by atoms with van der Waals surface area (Å²) >= 11 is 0. The highest BCUT2D eigenvalue weighted by molar-refractivity contribution is 6.51. The molecule has 1 unspecified atom stereocenters. The summed E-state index contributed by atoms with van der Waals surface area (Å²) in [5.41, 5.74) is 2.63. The lowest BCUT2D eigenvalue weighted by molar-refractivity contribution is -0.132. The summed E-state index contributed by atoms with van der Waals surface area (Å²) < 4.78 is 11.2. The van der Waals surface area contributed by atoms with Crippen molar-refractivity contribution in [2.45, 2.75) is 39.8 Å². The number of rotatable bonds is 7. The van der Waals surface area contributed by atoms with E-state index in [-0.39, 0.29) is 17.4 Å². The van der Waals surface area contributed by atoms with Crippen molar-refractivity contribution in [3.63, 3.8) is 0 Å². The maximum absolute atomic E-state index is 13.3. The number of para-hydroxylation sites is 1. The Bertz CT molecular complexity index is 1260. The van der Waals surface area contributed by atoms with Gasteiger partial charge in [-0.1, -0.05) is 30.3 Å². The number of hydrogen-bond donors (Lipinski definition) is 1. The fraction of sp³-hybridized carbons (Fsp3) is 0.241. The number of anilines is 1. The molecule has 6 heteroatoms. The molecule has 1 aliphatic rings. The Balaban J connectivity index is 1.86. The van der Waals surface area contributed by atoms with Gasteiger partial charge in [0.05, 0.1) is 24.3 Å². The number of carbonyl (C=O) groups is 2. The molecule has 1 atom stereocenters. The number of nitrogens with zero attached hydrogens (tertiary/aromatic N) is 1. The van der Waals surface area contributed by atoms with Gasteiger partial charge in [0.25, 0.3) is 11.7 Å². The fourth-order valence-electron chi connectivity index (χ4n) is 4.26. The predicted octanol–water partition coefficient (Wildman–Crippen LogP) is 5.81. The predicted molar refractivity (Wildman–Crippen MR) is 136 cm³/mol. The van der Waals surface area contributed by atoms with E-state index in [9.17, 15) is 14.7 Å². The molecule has 0 bridgehead atoms. The lowest BCUT2D eigenvalue weighted by Crippen LogP contribution is -2.30. The Hall–Kier alpha value is -4.06. The van der Waals surface area contributed by atoms with E-state index in [0.29, 0.717) is 34.9 Å². The summed E-state index contributed by atoms with van der Waals surface area (Å²) in [5, 5.41) is 11.3. The number of ether oxygens (including phenoxy) is 2. The normalized spacial score (nSPS) is 17.2. The minimum absolute atomic E-state index is 0.00791. The van der Waals surface area contributed by atoms with E-state index in [1.807, 2.05) is 58.0 Å². The maximum atomic E-state index is 13.3. The smallest absolute Gasteiger partial charge is 0.300 e. The molecule has 1 fully saturated rings. The van der Waals surface area contributed by atoms with Crippen LogP contribution in [0.2, 0.25) is 0 Å². The molecule has 35 heavy (non-hydrogen) atoms. The molecule has 1 N–H and O–H groups in total. The Morgan fingerprint density at radius 2 is 1.57 bits per heavy atom. The molecule has 0 radical (unpaired) electrons. The molecule has 4 rings (SSSR count). The minimum Gasteiger partial charge on any atom is -0.507 e. The number of amides is 1. The van der Waals surface area contributed by atoms with Crippen molar-refractivity contribution in [2.24, 2.45) is 0 Å². The van der Waals surface area contributed by atoms with Gasteiger partial charge in [0.2, 0.25) is 0 Å². The fourth-order valence-corrected chi connectivity index (χ4v) is 4.26. The van der Waals surface area contributed by atoms with Gasteiger partial charge < -0.3 is 14.6 Å². The standard InChI is InChI=1S/C29H29NO5/c1-5-34-22-14-10-20(11-15-22)26-25(27(31)21-12-16-23(17-13-21)35-18(2)3)28(32)29(33)30(26)24-9-7-6-8-19(24)4/h6-18,26,31H,5H2,1-4H3/b27-25+. The number of hydrogen-bond acceptors (Lipinski definition) is 5. The van der Waals surface area contributed by atoms with Crippen LogP contribution in [0.5, 0.6) is 11.5 Å². The van der Waals surface area contributed by atoms with E-state index in [1.54, 1.807) is 42.5 Å². The van der Waals surface area contributed by atoms with Gasteiger partial charge in [-0.2, -0.15) is 0 Å². The number of aliphatic hydroxyl groups is 1. The topological polar surface area (TPSA) is 76.1 Å². The summed E-state index contributed by atoms with van der Waals surface area (Å²) in [6.45, 7) is 8.17. The molecule has 0 spiro atoms. The van der Waals surface area contributed by atoms with Crippen LogP contribution in [-0.2, 0) is 9.59 Å². The van der Waals surface area contributed by atoms with Crippen molar-refractivity contribution >= 4 is 23.1 Å².